The molecule has 254 valence electrons. The van der Waals surface area contributed by atoms with E-state index in [1.54, 1.807) is 18.2 Å². The van der Waals surface area contributed by atoms with E-state index in [1.165, 1.54) is 32.3 Å². The molecule has 0 fully saturated rings. The van der Waals surface area contributed by atoms with E-state index in [9.17, 15) is 25.9 Å². The molecule has 0 amide bonds. The Hall–Kier alpha value is -3.29. The molecule has 0 radical (unpaired) electrons. The molecule has 49 heavy (non-hydrogen) atoms. The summed E-state index contributed by atoms with van der Waals surface area (Å²) in [7, 11) is -9.26. The fourth-order valence-electron chi connectivity index (χ4n) is 4.99. The van der Waals surface area contributed by atoms with Gasteiger partial charge in [-0.25, -0.2) is 15.0 Å². The van der Waals surface area contributed by atoms with Gasteiger partial charge < -0.3 is 7.43 Å². The van der Waals surface area contributed by atoms with Crippen molar-refractivity contribution in [3.8, 4) is 10.6 Å². The molecule has 9 nitrogen and oxygen atoms in total. The summed E-state index contributed by atoms with van der Waals surface area (Å²) in [6, 6.07) is 20.3. The van der Waals surface area contributed by atoms with Crippen LogP contribution in [0.15, 0.2) is 121 Å². The molecule has 2 N–H and O–H groups in total. The smallest absolute Gasteiger partial charge is 0.296 e. The van der Waals surface area contributed by atoms with E-state index >= 15 is 0 Å². The van der Waals surface area contributed by atoms with Gasteiger partial charge in [0.05, 0.1) is 48.1 Å². The number of aliphatic imine (C=N–C) groups is 1. The van der Waals surface area contributed by atoms with E-state index in [0.29, 0.717) is 5.36 Å². The monoisotopic (exact) mass is 902 g/mol. The van der Waals surface area contributed by atoms with Gasteiger partial charge in [0.2, 0.25) is 0 Å². The van der Waals surface area contributed by atoms with Crippen LogP contribution in [0.2, 0.25) is 0 Å². The van der Waals surface area contributed by atoms with Gasteiger partial charge in [-0.3, -0.25) is 9.11 Å². The third-order valence-corrected chi connectivity index (χ3v) is 11.5. The van der Waals surface area contributed by atoms with Crippen molar-refractivity contribution in [3.63, 3.8) is 0 Å². The Morgan fingerprint density at radius 1 is 0.857 bits per heavy atom. The Kier molecular flexibility index (Phi) is 12.4. The zero-order valence-electron chi connectivity index (χ0n) is 26.7. The molecular formula is C35H32N3O6S4W-. The Balaban J connectivity index is 0.000000253. The van der Waals surface area contributed by atoms with E-state index in [4.69, 9.17) is 4.99 Å². The molecule has 2 aliphatic carbocycles. The number of fused-ring (bicyclic) bond motifs is 4. The molecule has 0 unspecified atom stereocenters. The Bertz CT molecular complexity index is 2400. The number of allylic oxidation sites excluding steroid dienone is 4. The standard InChI is InChI=1S/C20H16N2O6S3.C14H13NS.CH3.W/c1-2-12-3-7-18-16(9-12)22-15-6-4-13(10-19(15)29-18)21-17-11-14(30(23,24)25)5-8-20(17)31(26,27)28;1-2-10-7-8-14-12(9-10)15-11-5-3-4-6-13(11)16-14;;/h3-11H,2H2,1H3,(H,23,24,25)(H,26,27,28);3,5-9H,2,4H2,1H3;1H3;/q;;-1;. The molecule has 0 bridgehead atoms. The van der Waals surface area contributed by atoms with Crippen LogP contribution in [0.25, 0.3) is 20.8 Å². The van der Waals surface area contributed by atoms with Gasteiger partial charge in [0.15, 0.2) is 0 Å². The Labute approximate surface area is 308 Å². The number of aromatic nitrogens is 1. The molecule has 2 aliphatic heterocycles. The number of aryl methyl sites for hydroxylation is 2. The molecule has 4 aliphatic rings. The van der Waals surface area contributed by atoms with Gasteiger partial charge in [0.25, 0.3) is 20.2 Å². The number of hydrogen-bond acceptors (Lipinski definition) is 9. The molecule has 0 saturated heterocycles. The molecule has 2 heterocycles. The molecule has 7 rings (SSSR count). The third-order valence-electron chi connectivity index (χ3n) is 7.45. The SMILES string of the molecule is CCc1ccc2c(c1)N=C1C=CCC=C1S2.CCc1ccc2sc3cc(=Nc4cc(S(=O)(=O)O)ccc4S(=O)(=O)O)ccc-3nc2c1.[CH3-].[W]. The van der Waals surface area contributed by atoms with Crippen molar-refractivity contribution >= 4 is 70.6 Å². The summed E-state index contributed by atoms with van der Waals surface area (Å²) >= 11 is 3.33. The topological polar surface area (TPSA) is 146 Å². The predicted molar refractivity (Wildman–Crippen MR) is 194 cm³/mol. The first kappa shape index (κ1) is 38.5. The van der Waals surface area contributed by atoms with E-state index in [0.717, 1.165) is 69.6 Å². The zero-order chi connectivity index (χ0) is 33.3. The van der Waals surface area contributed by atoms with E-state index in [1.807, 2.05) is 30.0 Å². The molecule has 3 aromatic rings. The van der Waals surface area contributed by atoms with E-state index < -0.39 is 30.0 Å². The van der Waals surface area contributed by atoms with Gasteiger partial charge in [0.1, 0.15) is 4.90 Å². The zero-order valence-corrected chi connectivity index (χ0v) is 32.9. The van der Waals surface area contributed by atoms with Crippen LogP contribution < -0.4 is 5.36 Å². The maximum absolute atomic E-state index is 11.7. The van der Waals surface area contributed by atoms with Crippen LogP contribution in [0, 0.1) is 7.43 Å². The number of nitrogens with zero attached hydrogens (tertiary/aromatic N) is 3. The normalized spacial score (nSPS) is 14.0. The predicted octanol–water partition coefficient (Wildman–Crippen LogP) is 8.41. The summed E-state index contributed by atoms with van der Waals surface area (Å²) in [5, 5.41) is 0.326. The Morgan fingerprint density at radius 3 is 2.31 bits per heavy atom. The van der Waals surface area contributed by atoms with Gasteiger partial charge in [-0.15, -0.1) is 11.3 Å². The number of hydrogen-bond donors (Lipinski definition) is 2. The van der Waals surface area contributed by atoms with Gasteiger partial charge in [-0.2, -0.15) is 16.8 Å². The van der Waals surface area contributed by atoms with Crippen molar-refractivity contribution < 1.29 is 47.0 Å². The molecule has 14 heteroatoms. The summed E-state index contributed by atoms with van der Waals surface area (Å²) in [5.74, 6) is 0. The van der Waals surface area contributed by atoms with Crippen molar-refractivity contribution in [2.45, 2.75) is 47.8 Å². The van der Waals surface area contributed by atoms with Crippen LogP contribution in [0.3, 0.4) is 0 Å². The van der Waals surface area contributed by atoms with Gasteiger partial charge in [-0.05, 0) is 97.1 Å². The molecule has 0 saturated carbocycles. The molecule has 0 atom stereocenters. The first-order valence-corrected chi connectivity index (χ1v) is 19.2. The van der Waals surface area contributed by atoms with Crippen LogP contribution >= 0.6 is 23.1 Å². The largest absolute Gasteiger partial charge is 0.358 e. The van der Waals surface area contributed by atoms with Crippen LogP contribution in [0.1, 0.15) is 31.4 Å². The molecule has 0 spiro atoms. The van der Waals surface area contributed by atoms with E-state index in [-0.39, 0.29) is 34.2 Å². The molecule has 3 aromatic carbocycles. The van der Waals surface area contributed by atoms with Crippen molar-refractivity contribution in [1.82, 2.24) is 4.98 Å². The van der Waals surface area contributed by atoms with Crippen molar-refractivity contribution in [1.29, 1.82) is 0 Å². The summed E-state index contributed by atoms with van der Waals surface area (Å²) in [6.07, 6.45) is 9.55. The summed E-state index contributed by atoms with van der Waals surface area (Å²) < 4.78 is 66.0. The van der Waals surface area contributed by atoms with Gasteiger partial charge in [-0.1, -0.05) is 49.9 Å². The van der Waals surface area contributed by atoms with Crippen molar-refractivity contribution in [2.24, 2.45) is 9.98 Å². The van der Waals surface area contributed by atoms with Crippen molar-refractivity contribution in [3.05, 3.63) is 120 Å². The minimum atomic E-state index is -4.67. The van der Waals surface area contributed by atoms with Crippen molar-refractivity contribution in [2.75, 3.05) is 0 Å². The second kappa shape index (κ2) is 15.7. The maximum atomic E-state index is 11.7. The first-order chi connectivity index (χ1) is 22.4. The Morgan fingerprint density at radius 2 is 1.59 bits per heavy atom. The molecular weight excluding hydrogens is 871 g/mol. The van der Waals surface area contributed by atoms with E-state index in [2.05, 4.69) is 60.3 Å². The van der Waals surface area contributed by atoms with Crippen LogP contribution in [-0.4, -0.2) is 36.6 Å². The van der Waals surface area contributed by atoms with Gasteiger partial charge >= 0.3 is 0 Å². The fraction of sp³-hybridized carbons (Fsp3) is 0.143. The number of benzene rings is 4. The third kappa shape index (κ3) is 8.90. The minimum Gasteiger partial charge on any atom is -0.358 e. The van der Waals surface area contributed by atoms with Crippen LogP contribution in [0.4, 0.5) is 11.4 Å². The first-order valence-electron chi connectivity index (χ1n) is 14.6. The summed E-state index contributed by atoms with van der Waals surface area (Å²) in [5.41, 5.74) is 6.07. The maximum Gasteiger partial charge on any atom is 0.296 e. The second-order valence-corrected chi connectivity index (χ2v) is 15.7. The fourth-order valence-corrected chi connectivity index (χ4v) is 8.06. The summed E-state index contributed by atoms with van der Waals surface area (Å²) in [6.45, 7) is 4.24. The average Bonchev–Trinajstić information content (AvgIpc) is 3.05. The van der Waals surface area contributed by atoms with Crippen LogP contribution in [0.5, 0.6) is 0 Å². The van der Waals surface area contributed by atoms with Crippen LogP contribution in [-0.2, 0) is 54.1 Å². The number of thioether (sulfide) groups is 1. The minimum absolute atomic E-state index is 0. The molecule has 0 aromatic heterocycles. The number of rotatable bonds is 5. The second-order valence-electron chi connectivity index (χ2n) is 10.7. The quantitative estimate of drug-likeness (QED) is 0.102. The summed E-state index contributed by atoms with van der Waals surface area (Å²) in [4.78, 5) is 15.8. The van der Waals surface area contributed by atoms with Gasteiger partial charge in [0, 0.05) is 30.9 Å². The average molecular weight is 903 g/mol.